The van der Waals surface area contributed by atoms with Crippen molar-refractivity contribution in [3.8, 4) is 5.75 Å². The zero-order chi connectivity index (χ0) is 14.5. The van der Waals surface area contributed by atoms with Crippen LogP contribution in [0.25, 0.3) is 0 Å². The molecule has 0 spiro atoms. The van der Waals surface area contributed by atoms with E-state index in [2.05, 4.69) is 49.6 Å². The van der Waals surface area contributed by atoms with Gasteiger partial charge in [0.1, 0.15) is 5.75 Å². The van der Waals surface area contributed by atoms with Crippen molar-refractivity contribution in [1.82, 2.24) is 5.43 Å². The molecule has 0 aliphatic rings. The highest BCUT2D eigenvalue weighted by molar-refractivity contribution is 5.37. The molecule has 0 aromatic heterocycles. The number of hydrazine groups is 1. The van der Waals surface area contributed by atoms with Crippen LogP contribution in [0.3, 0.4) is 0 Å². The van der Waals surface area contributed by atoms with Gasteiger partial charge in [0.05, 0.1) is 13.2 Å². The third-order valence-corrected chi connectivity index (χ3v) is 3.61. The molecule has 0 saturated carbocycles. The van der Waals surface area contributed by atoms with E-state index < -0.39 is 0 Å². The summed E-state index contributed by atoms with van der Waals surface area (Å²) in [6.07, 6.45) is 0.865. The van der Waals surface area contributed by atoms with Gasteiger partial charge in [0.15, 0.2) is 0 Å². The molecule has 20 heavy (non-hydrogen) atoms. The topological polar surface area (TPSA) is 47.3 Å². The third-order valence-electron chi connectivity index (χ3n) is 3.61. The molecule has 0 aliphatic carbocycles. The predicted octanol–water partition coefficient (Wildman–Crippen LogP) is 3.06. The summed E-state index contributed by atoms with van der Waals surface area (Å²) in [5.41, 5.74) is 7.84. The summed E-state index contributed by atoms with van der Waals surface area (Å²) in [7, 11) is 1.68. The molecule has 2 rings (SSSR count). The van der Waals surface area contributed by atoms with Gasteiger partial charge in [-0.2, -0.15) is 0 Å². The highest BCUT2D eigenvalue weighted by atomic mass is 16.5. The van der Waals surface area contributed by atoms with Gasteiger partial charge < -0.3 is 4.74 Å². The van der Waals surface area contributed by atoms with Gasteiger partial charge in [0, 0.05) is 0 Å². The van der Waals surface area contributed by atoms with Crippen molar-refractivity contribution in [2.75, 3.05) is 7.11 Å². The monoisotopic (exact) mass is 270 g/mol. The number of rotatable bonds is 5. The number of nitrogens with two attached hydrogens (primary N) is 1. The van der Waals surface area contributed by atoms with E-state index in [1.54, 1.807) is 7.11 Å². The second-order valence-corrected chi connectivity index (χ2v) is 5.13. The van der Waals surface area contributed by atoms with Crippen molar-refractivity contribution < 1.29 is 4.74 Å². The van der Waals surface area contributed by atoms with Gasteiger partial charge in [-0.1, -0.05) is 35.9 Å². The van der Waals surface area contributed by atoms with E-state index in [4.69, 9.17) is 10.6 Å². The number of aryl methyl sites for hydroxylation is 2. The molecule has 1 unspecified atom stereocenters. The second kappa shape index (κ2) is 6.55. The van der Waals surface area contributed by atoms with Gasteiger partial charge in [-0.15, -0.1) is 0 Å². The molecule has 1 atom stereocenters. The molecule has 3 nitrogen and oxygen atoms in total. The SMILES string of the molecule is COc1ccc(C(Cc2ccc(C)cc2)NN)c(C)c1. The van der Waals surface area contributed by atoms with Gasteiger partial charge in [0.25, 0.3) is 0 Å². The fourth-order valence-corrected chi connectivity index (χ4v) is 2.38. The molecular weight excluding hydrogens is 248 g/mol. The zero-order valence-corrected chi connectivity index (χ0v) is 12.3. The molecule has 0 heterocycles. The van der Waals surface area contributed by atoms with Crippen LogP contribution in [-0.4, -0.2) is 7.11 Å². The number of benzene rings is 2. The Balaban J connectivity index is 2.21. The van der Waals surface area contributed by atoms with Crippen LogP contribution >= 0.6 is 0 Å². The lowest BCUT2D eigenvalue weighted by Crippen LogP contribution is -2.30. The molecule has 0 aliphatic heterocycles. The van der Waals surface area contributed by atoms with Gasteiger partial charge in [0.2, 0.25) is 0 Å². The maximum atomic E-state index is 5.74. The van der Waals surface area contributed by atoms with Crippen molar-refractivity contribution >= 4 is 0 Å². The average Bonchev–Trinajstić information content (AvgIpc) is 2.47. The highest BCUT2D eigenvalue weighted by Crippen LogP contribution is 2.24. The first-order valence-electron chi connectivity index (χ1n) is 6.80. The van der Waals surface area contributed by atoms with E-state index in [0.29, 0.717) is 0 Å². The average molecular weight is 270 g/mol. The van der Waals surface area contributed by atoms with Crippen molar-refractivity contribution in [1.29, 1.82) is 0 Å². The van der Waals surface area contributed by atoms with Crippen LogP contribution < -0.4 is 16.0 Å². The van der Waals surface area contributed by atoms with E-state index in [-0.39, 0.29) is 6.04 Å². The van der Waals surface area contributed by atoms with Crippen molar-refractivity contribution in [2.45, 2.75) is 26.3 Å². The lowest BCUT2D eigenvalue weighted by Gasteiger charge is -2.19. The fraction of sp³-hybridized carbons (Fsp3) is 0.294. The molecule has 2 aromatic rings. The van der Waals surface area contributed by atoms with Crippen LogP contribution in [0.4, 0.5) is 0 Å². The Morgan fingerprint density at radius 1 is 1.10 bits per heavy atom. The molecule has 0 bridgehead atoms. The normalized spacial score (nSPS) is 12.2. The standard InChI is InChI=1S/C17H22N2O/c1-12-4-6-14(7-5-12)11-17(19-18)16-9-8-15(20-3)10-13(16)2/h4-10,17,19H,11,18H2,1-3H3. The lowest BCUT2D eigenvalue weighted by molar-refractivity contribution is 0.414. The minimum absolute atomic E-state index is 0.101. The summed E-state index contributed by atoms with van der Waals surface area (Å²) in [6.45, 7) is 4.17. The first-order valence-corrected chi connectivity index (χ1v) is 6.80. The smallest absolute Gasteiger partial charge is 0.119 e. The number of hydrogen-bond acceptors (Lipinski definition) is 3. The number of nitrogens with one attached hydrogen (secondary N) is 1. The van der Waals surface area contributed by atoms with Gasteiger partial charge >= 0.3 is 0 Å². The van der Waals surface area contributed by atoms with Gasteiger partial charge in [-0.05, 0) is 49.1 Å². The largest absolute Gasteiger partial charge is 0.497 e. The summed E-state index contributed by atoms with van der Waals surface area (Å²) in [5.74, 6) is 6.61. The Kier molecular flexibility index (Phi) is 4.77. The summed E-state index contributed by atoms with van der Waals surface area (Å²) in [6, 6.07) is 14.7. The number of ether oxygens (including phenoxy) is 1. The summed E-state index contributed by atoms with van der Waals surface area (Å²) in [4.78, 5) is 0. The third kappa shape index (κ3) is 3.38. The van der Waals surface area contributed by atoms with E-state index >= 15 is 0 Å². The highest BCUT2D eigenvalue weighted by Gasteiger charge is 2.13. The Bertz CT molecular complexity index is 564. The van der Waals surface area contributed by atoms with Crippen LogP contribution in [-0.2, 0) is 6.42 Å². The number of hydrogen-bond donors (Lipinski definition) is 2. The Morgan fingerprint density at radius 3 is 2.35 bits per heavy atom. The van der Waals surface area contributed by atoms with Crippen LogP contribution in [0.1, 0.15) is 28.3 Å². The summed E-state index contributed by atoms with van der Waals surface area (Å²) < 4.78 is 5.24. The van der Waals surface area contributed by atoms with E-state index in [0.717, 1.165) is 12.2 Å². The quantitative estimate of drug-likeness (QED) is 0.648. The molecule has 0 amide bonds. The second-order valence-electron chi connectivity index (χ2n) is 5.13. The minimum atomic E-state index is 0.101. The van der Waals surface area contributed by atoms with Crippen molar-refractivity contribution in [3.05, 3.63) is 64.7 Å². The molecule has 0 saturated heterocycles. The van der Waals surface area contributed by atoms with E-state index in [1.807, 2.05) is 12.1 Å². The van der Waals surface area contributed by atoms with E-state index in [9.17, 15) is 0 Å². The lowest BCUT2D eigenvalue weighted by atomic mass is 9.95. The van der Waals surface area contributed by atoms with Crippen LogP contribution in [0, 0.1) is 13.8 Å². The number of methoxy groups -OCH3 is 1. The molecule has 3 heteroatoms. The van der Waals surface area contributed by atoms with Crippen LogP contribution in [0.5, 0.6) is 5.75 Å². The predicted molar refractivity (Wildman–Crippen MR) is 82.7 cm³/mol. The molecule has 2 aromatic carbocycles. The van der Waals surface area contributed by atoms with Crippen LogP contribution in [0.15, 0.2) is 42.5 Å². The van der Waals surface area contributed by atoms with E-state index in [1.165, 1.54) is 22.3 Å². The van der Waals surface area contributed by atoms with Crippen LogP contribution in [0.2, 0.25) is 0 Å². The molecule has 0 radical (unpaired) electrons. The minimum Gasteiger partial charge on any atom is -0.497 e. The summed E-state index contributed by atoms with van der Waals surface area (Å²) in [5, 5.41) is 0. The zero-order valence-electron chi connectivity index (χ0n) is 12.3. The first kappa shape index (κ1) is 14.6. The van der Waals surface area contributed by atoms with Gasteiger partial charge in [-0.25, -0.2) is 0 Å². The Labute approximate surface area is 120 Å². The van der Waals surface area contributed by atoms with Crippen molar-refractivity contribution in [2.24, 2.45) is 5.84 Å². The Morgan fingerprint density at radius 2 is 1.80 bits per heavy atom. The maximum Gasteiger partial charge on any atom is 0.119 e. The molecule has 3 N–H and O–H groups in total. The molecule has 106 valence electrons. The molecule has 0 fully saturated rings. The maximum absolute atomic E-state index is 5.74. The first-order chi connectivity index (χ1) is 9.63. The molecular formula is C17H22N2O. The van der Waals surface area contributed by atoms with Crippen molar-refractivity contribution in [3.63, 3.8) is 0 Å². The van der Waals surface area contributed by atoms with Gasteiger partial charge in [-0.3, -0.25) is 11.3 Å². The summed E-state index contributed by atoms with van der Waals surface area (Å²) >= 11 is 0. The Hall–Kier alpha value is -1.84. The fourth-order valence-electron chi connectivity index (χ4n) is 2.38.